The van der Waals surface area contributed by atoms with Gasteiger partial charge in [-0.25, -0.2) is 0 Å². The van der Waals surface area contributed by atoms with Crippen molar-refractivity contribution in [3.05, 3.63) is 47.6 Å². The van der Waals surface area contributed by atoms with E-state index in [4.69, 9.17) is 4.74 Å². The Balaban J connectivity index is 1.46. The number of carbonyl (C=O) groups excluding carboxylic acids is 1. The number of aliphatic hydroxyl groups is 1. The summed E-state index contributed by atoms with van der Waals surface area (Å²) in [7, 11) is 3.66. The first-order valence-electron chi connectivity index (χ1n) is 11.8. The monoisotopic (exact) mass is 421 g/mol. The molecule has 3 saturated carbocycles. The molecule has 3 aliphatic carbocycles. The van der Waals surface area contributed by atoms with E-state index >= 15 is 0 Å². The van der Waals surface area contributed by atoms with Crippen LogP contribution in [0.2, 0.25) is 0 Å². The number of methoxy groups -OCH3 is 1. The number of hydrogen-bond acceptors (Lipinski definition) is 3. The summed E-state index contributed by atoms with van der Waals surface area (Å²) in [5.74, 6) is 2.64. The van der Waals surface area contributed by atoms with Gasteiger partial charge in [-0.05, 0) is 79.2 Å². The second kappa shape index (κ2) is 7.23. The summed E-state index contributed by atoms with van der Waals surface area (Å²) in [5, 5.41) is 11.4. The second-order valence-electron chi connectivity index (χ2n) is 10.8. The van der Waals surface area contributed by atoms with Gasteiger partial charge in [0.15, 0.2) is 0 Å². The predicted molar refractivity (Wildman–Crippen MR) is 122 cm³/mol. The maximum Gasteiger partial charge on any atom is 0.246 e. The lowest BCUT2D eigenvalue weighted by Gasteiger charge is -2.59. The fourth-order valence-corrected chi connectivity index (χ4v) is 7.68. The Morgan fingerprint density at radius 3 is 2.77 bits per heavy atom. The van der Waals surface area contributed by atoms with Crippen molar-refractivity contribution in [2.75, 3.05) is 14.2 Å². The highest BCUT2D eigenvalue weighted by Crippen LogP contribution is 2.65. The maximum atomic E-state index is 12.3. The molecule has 0 aromatic heterocycles. The van der Waals surface area contributed by atoms with Crippen LogP contribution in [0.4, 0.5) is 0 Å². The molecule has 0 saturated heterocycles. The van der Waals surface area contributed by atoms with Gasteiger partial charge in [0.05, 0.1) is 13.2 Å². The van der Waals surface area contributed by atoms with Crippen LogP contribution in [0.3, 0.4) is 0 Å². The predicted octanol–water partition coefficient (Wildman–Crippen LogP) is 4.69. The van der Waals surface area contributed by atoms with Gasteiger partial charge in [-0.1, -0.05) is 38.1 Å². The molecule has 31 heavy (non-hydrogen) atoms. The van der Waals surface area contributed by atoms with Crippen LogP contribution in [-0.4, -0.2) is 42.2 Å². The fourth-order valence-electron chi connectivity index (χ4n) is 7.68. The Labute approximate surface area is 186 Å². The molecular formula is C27H35NO3. The Bertz CT molecular complexity index is 952. The van der Waals surface area contributed by atoms with E-state index in [0.717, 1.165) is 43.4 Å². The minimum Gasteiger partial charge on any atom is -0.497 e. The van der Waals surface area contributed by atoms with Crippen molar-refractivity contribution in [3.8, 4) is 5.75 Å². The van der Waals surface area contributed by atoms with Crippen molar-refractivity contribution < 1.29 is 14.6 Å². The quantitative estimate of drug-likeness (QED) is 0.754. The molecule has 1 aromatic carbocycles. The molecule has 3 fully saturated rings. The zero-order chi connectivity index (χ0) is 22.0. The summed E-state index contributed by atoms with van der Waals surface area (Å²) in [6, 6.07) is 8.39. The molecule has 1 aliphatic heterocycles. The van der Waals surface area contributed by atoms with Crippen molar-refractivity contribution in [1.29, 1.82) is 0 Å². The van der Waals surface area contributed by atoms with Gasteiger partial charge in [-0.3, -0.25) is 4.79 Å². The van der Waals surface area contributed by atoms with Crippen LogP contribution < -0.4 is 4.74 Å². The summed E-state index contributed by atoms with van der Waals surface area (Å²) >= 11 is 0. The van der Waals surface area contributed by atoms with Crippen LogP contribution in [0.1, 0.15) is 51.5 Å². The van der Waals surface area contributed by atoms with Crippen LogP contribution in [0.15, 0.2) is 42.0 Å². The molecule has 0 bridgehead atoms. The molecule has 4 heteroatoms. The van der Waals surface area contributed by atoms with Gasteiger partial charge in [0.2, 0.25) is 5.91 Å². The fraction of sp³-hybridized carbons (Fsp3) is 0.593. The molecule has 0 radical (unpaired) electrons. The van der Waals surface area contributed by atoms with E-state index in [1.54, 1.807) is 13.2 Å². The first kappa shape index (κ1) is 20.8. The molecular weight excluding hydrogens is 386 g/mol. The van der Waals surface area contributed by atoms with Crippen molar-refractivity contribution in [1.82, 2.24) is 4.90 Å². The van der Waals surface area contributed by atoms with Crippen molar-refractivity contribution >= 4 is 12.0 Å². The van der Waals surface area contributed by atoms with Crippen molar-refractivity contribution in [2.45, 2.75) is 58.1 Å². The highest BCUT2D eigenvalue weighted by molar-refractivity contribution is 5.89. The summed E-state index contributed by atoms with van der Waals surface area (Å²) in [4.78, 5) is 14.3. The number of hydrogen-bond donors (Lipinski definition) is 1. The molecule has 1 amide bonds. The first-order chi connectivity index (χ1) is 14.8. The van der Waals surface area contributed by atoms with Crippen molar-refractivity contribution in [2.24, 2.45) is 28.6 Å². The lowest BCUT2D eigenvalue weighted by Crippen LogP contribution is -2.59. The lowest BCUT2D eigenvalue weighted by molar-refractivity contribution is -0.140. The number of aliphatic hydroxyl groups excluding tert-OH is 1. The minimum absolute atomic E-state index is 0.0388. The lowest BCUT2D eigenvalue weighted by atomic mass is 9.48. The highest BCUT2D eigenvalue weighted by atomic mass is 16.5. The van der Waals surface area contributed by atoms with Crippen LogP contribution in [-0.2, 0) is 4.79 Å². The third-order valence-corrected chi connectivity index (χ3v) is 9.44. The number of likely N-dealkylation sites (N-methyl/N-ethyl adjacent to an activating group) is 1. The molecule has 5 rings (SSSR count). The molecule has 1 heterocycles. The summed E-state index contributed by atoms with van der Waals surface area (Å²) in [6.45, 7) is 4.68. The van der Waals surface area contributed by atoms with Crippen LogP contribution in [0.5, 0.6) is 5.75 Å². The Kier molecular flexibility index (Phi) is 4.85. The van der Waals surface area contributed by atoms with Crippen LogP contribution in [0.25, 0.3) is 6.08 Å². The number of nitrogens with zero attached hydrogens (tertiary/aromatic N) is 1. The molecule has 166 valence electrons. The van der Waals surface area contributed by atoms with Crippen molar-refractivity contribution in [3.63, 3.8) is 0 Å². The number of carbonyl (C=O) groups is 1. The number of rotatable bonds is 2. The molecule has 7 atom stereocenters. The number of benzene rings is 1. The number of fused-ring (bicyclic) bond motifs is 5. The average molecular weight is 422 g/mol. The second-order valence-corrected chi connectivity index (χ2v) is 10.8. The van der Waals surface area contributed by atoms with E-state index in [1.807, 2.05) is 30.1 Å². The van der Waals surface area contributed by atoms with Gasteiger partial charge in [-0.2, -0.15) is 0 Å². The first-order valence-corrected chi connectivity index (χ1v) is 11.8. The third kappa shape index (κ3) is 3.01. The van der Waals surface area contributed by atoms with Gasteiger partial charge in [0.1, 0.15) is 5.75 Å². The van der Waals surface area contributed by atoms with E-state index in [2.05, 4.69) is 32.1 Å². The Morgan fingerprint density at radius 1 is 1.19 bits per heavy atom. The molecule has 1 N–H and O–H groups in total. The molecule has 2 unspecified atom stereocenters. The maximum absolute atomic E-state index is 12.3. The topological polar surface area (TPSA) is 49.8 Å². The summed E-state index contributed by atoms with van der Waals surface area (Å²) < 4.78 is 5.38. The van der Waals surface area contributed by atoms with Gasteiger partial charge in [0.25, 0.3) is 0 Å². The van der Waals surface area contributed by atoms with E-state index in [0.29, 0.717) is 23.8 Å². The third-order valence-electron chi connectivity index (χ3n) is 9.44. The molecule has 4 nitrogen and oxygen atoms in total. The highest BCUT2D eigenvalue weighted by Gasteiger charge is 2.61. The van der Waals surface area contributed by atoms with Gasteiger partial charge in [-0.15, -0.1) is 0 Å². The van der Waals surface area contributed by atoms with Gasteiger partial charge < -0.3 is 14.7 Å². The zero-order valence-electron chi connectivity index (χ0n) is 19.2. The van der Waals surface area contributed by atoms with E-state index in [1.165, 1.54) is 5.57 Å². The largest absolute Gasteiger partial charge is 0.497 e. The minimum atomic E-state index is -0.388. The normalized spacial score (nSPS) is 42.9. The average Bonchev–Trinajstić information content (AvgIpc) is 3.02. The number of amides is 1. The van der Waals surface area contributed by atoms with E-state index < -0.39 is 0 Å². The van der Waals surface area contributed by atoms with E-state index in [-0.39, 0.29) is 22.8 Å². The molecule has 0 spiro atoms. The SMILES string of the molecule is COc1cccc(C=C2C[C@H]3[C@@H]4CCC5N(C)C(=O)C=C[C@]5(C)[C@@H]4CC[C@]3(C)C2O)c1. The standard InChI is InChI=1S/C27H35NO3/c1-26-13-11-24(29)28(3)23(26)9-8-20-21(26)10-12-27(2)22(20)16-18(25(27)30)14-17-6-5-7-19(15-17)31-4/h5-7,11,13-15,20-23,25,30H,8-10,12,16H2,1-4H3/t20-,21-,22+,23?,25?,26-,27+/m1/s1. The van der Waals surface area contributed by atoms with Crippen LogP contribution >= 0.6 is 0 Å². The summed E-state index contributed by atoms with van der Waals surface area (Å²) in [5.41, 5.74) is 2.24. The van der Waals surface area contributed by atoms with Gasteiger partial charge in [0, 0.05) is 23.9 Å². The van der Waals surface area contributed by atoms with E-state index in [9.17, 15) is 9.90 Å². The van der Waals surface area contributed by atoms with Gasteiger partial charge >= 0.3 is 0 Å². The molecule has 4 aliphatic rings. The Hall–Kier alpha value is -2.07. The molecule has 1 aromatic rings. The Morgan fingerprint density at radius 2 is 2.00 bits per heavy atom. The summed E-state index contributed by atoms with van der Waals surface area (Å²) in [6.07, 6.45) is 11.2. The smallest absolute Gasteiger partial charge is 0.246 e. The zero-order valence-corrected chi connectivity index (χ0v) is 19.2. The number of ether oxygens (including phenoxy) is 1. The van der Waals surface area contributed by atoms with Crippen LogP contribution in [0, 0.1) is 28.6 Å².